The first-order valence-electron chi connectivity index (χ1n) is 9.30. The minimum atomic E-state index is -0.356. The summed E-state index contributed by atoms with van der Waals surface area (Å²) >= 11 is 6.25. The number of rotatable bonds is 6. The zero-order valence-electron chi connectivity index (χ0n) is 16.5. The third-order valence-corrected chi connectivity index (χ3v) is 5.16. The Kier molecular flexibility index (Phi) is 6.82. The van der Waals surface area contributed by atoms with Gasteiger partial charge in [0, 0.05) is 37.8 Å². The molecule has 0 spiro atoms. The summed E-state index contributed by atoms with van der Waals surface area (Å²) in [4.78, 5) is 28.8. The van der Waals surface area contributed by atoms with Crippen LogP contribution in [0.15, 0.2) is 42.5 Å². The molecule has 7 nitrogen and oxygen atoms in total. The molecular formula is C21H24ClN3O4. The van der Waals surface area contributed by atoms with Crippen molar-refractivity contribution in [2.24, 2.45) is 0 Å². The van der Waals surface area contributed by atoms with Crippen molar-refractivity contribution in [2.45, 2.75) is 0 Å². The maximum Gasteiger partial charge on any atom is 0.251 e. The zero-order valence-corrected chi connectivity index (χ0v) is 17.2. The van der Waals surface area contributed by atoms with Crippen molar-refractivity contribution < 1.29 is 19.1 Å². The van der Waals surface area contributed by atoms with Gasteiger partial charge in [-0.3, -0.25) is 9.59 Å². The number of carbonyl (C=O) groups is 2. The predicted octanol–water partition coefficient (Wildman–Crippen LogP) is 2.44. The molecule has 8 heteroatoms. The molecule has 3 rings (SSSR count). The van der Waals surface area contributed by atoms with Crippen LogP contribution in [0.2, 0.25) is 5.02 Å². The number of piperazine rings is 1. The van der Waals surface area contributed by atoms with Crippen molar-refractivity contribution in [1.29, 1.82) is 0 Å². The van der Waals surface area contributed by atoms with E-state index in [4.69, 9.17) is 21.1 Å². The fourth-order valence-electron chi connectivity index (χ4n) is 3.21. The van der Waals surface area contributed by atoms with Gasteiger partial charge in [-0.1, -0.05) is 23.7 Å². The van der Waals surface area contributed by atoms with Crippen molar-refractivity contribution >= 4 is 29.1 Å². The van der Waals surface area contributed by atoms with Crippen LogP contribution in [0.4, 0.5) is 5.69 Å². The van der Waals surface area contributed by atoms with Crippen molar-refractivity contribution in [1.82, 2.24) is 10.2 Å². The molecule has 0 aromatic heterocycles. The van der Waals surface area contributed by atoms with Crippen molar-refractivity contribution in [3.05, 3.63) is 53.1 Å². The highest BCUT2D eigenvalue weighted by atomic mass is 35.5. The van der Waals surface area contributed by atoms with Crippen LogP contribution in [0, 0.1) is 0 Å². The second-order valence-corrected chi connectivity index (χ2v) is 7.01. The van der Waals surface area contributed by atoms with E-state index in [2.05, 4.69) is 10.2 Å². The molecule has 1 aliphatic rings. The van der Waals surface area contributed by atoms with E-state index in [0.717, 1.165) is 5.69 Å². The van der Waals surface area contributed by atoms with Gasteiger partial charge < -0.3 is 24.6 Å². The molecule has 0 aliphatic carbocycles. The van der Waals surface area contributed by atoms with E-state index < -0.39 is 0 Å². The SMILES string of the molecule is COc1cc(OC)cc(C(=O)NCC(=O)N2CCN(c3ccccc3Cl)CC2)c1. The molecule has 0 unspecified atom stereocenters. The van der Waals surface area contributed by atoms with Crippen LogP contribution in [0.1, 0.15) is 10.4 Å². The van der Waals surface area contributed by atoms with Gasteiger partial charge in [0.15, 0.2) is 0 Å². The van der Waals surface area contributed by atoms with E-state index in [1.54, 1.807) is 23.1 Å². The van der Waals surface area contributed by atoms with Crippen molar-refractivity contribution in [2.75, 3.05) is 51.8 Å². The Morgan fingerprint density at radius 1 is 1.00 bits per heavy atom. The average molecular weight is 418 g/mol. The van der Waals surface area contributed by atoms with Crippen LogP contribution < -0.4 is 19.7 Å². The Morgan fingerprint density at radius 2 is 1.62 bits per heavy atom. The number of amides is 2. The molecule has 1 aliphatic heterocycles. The maximum atomic E-state index is 12.5. The Balaban J connectivity index is 1.53. The molecule has 2 aromatic rings. The molecule has 0 saturated carbocycles. The van der Waals surface area contributed by atoms with Gasteiger partial charge in [0.1, 0.15) is 11.5 Å². The summed E-state index contributed by atoms with van der Waals surface area (Å²) in [6.07, 6.45) is 0. The molecule has 2 amide bonds. The quantitative estimate of drug-likeness (QED) is 0.781. The van der Waals surface area contributed by atoms with Crippen LogP contribution >= 0.6 is 11.6 Å². The van der Waals surface area contributed by atoms with Gasteiger partial charge in [-0.15, -0.1) is 0 Å². The van der Waals surface area contributed by atoms with Gasteiger partial charge in [-0.2, -0.15) is 0 Å². The Bertz CT molecular complexity index is 860. The van der Waals surface area contributed by atoms with Gasteiger partial charge >= 0.3 is 0 Å². The van der Waals surface area contributed by atoms with E-state index in [-0.39, 0.29) is 18.4 Å². The van der Waals surface area contributed by atoms with Crippen LogP contribution in [-0.2, 0) is 4.79 Å². The van der Waals surface area contributed by atoms with Gasteiger partial charge in [0.25, 0.3) is 5.91 Å². The van der Waals surface area contributed by atoms with Crippen molar-refractivity contribution in [3.63, 3.8) is 0 Å². The molecule has 0 radical (unpaired) electrons. The summed E-state index contributed by atoms with van der Waals surface area (Å²) in [5, 5.41) is 3.38. The number of hydrogen-bond donors (Lipinski definition) is 1. The fourth-order valence-corrected chi connectivity index (χ4v) is 3.47. The van der Waals surface area contributed by atoms with Crippen molar-refractivity contribution in [3.8, 4) is 11.5 Å². The summed E-state index contributed by atoms with van der Waals surface area (Å²) in [5.41, 5.74) is 1.35. The lowest BCUT2D eigenvalue weighted by Crippen LogP contribution is -2.51. The topological polar surface area (TPSA) is 71.1 Å². The van der Waals surface area contributed by atoms with Gasteiger partial charge in [-0.05, 0) is 24.3 Å². The first-order chi connectivity index (χ1) is 14.0. The number of anilines is 1. The minimum Gasteiger partial charge on any atom is -0.497 e. The van der Waals surface area contributed by atoms with Crippen LogP contribution in [0.3, 0.4) is 0 Å². The van der Waals surface area contributed by atoms with Crippen LogP contribution in [0.25, 0.3) is 0 Å². The van der Waals surface area contributed by atoms with E-state index in [9.17, 15) is 9.59 Å². The van der Waals surface area contributed by atoms with E-state index in [1.807, 2.05) is 24.3 Å². The molecule has 1 fully saturated rings. The molecule has 154 valence electrons. The first kappa shape index (κ1) is 20.8. The predicted molar refractivity (Wildman–Crippen MR) is 112 cm³/mol. The highest BCUT2D eigenvalue weighted by Gasteiger charge is 2.22. The third kappa shape index (κ3) is 5.12. The standard InChI is InChI=1S/C21H24ClN3O4/c1-28-16-11-15(12-17(13-16)29-2)21(27)23-14-20(26)25-9-7-24(8-10-25)19-6-4-3-5-18(19)22/h3-6,11-13H,7-10,14H2,1-2H3,(H,23,27). The highest BCUT2D eigenvalue weighted by Crippen LogP contribution is 2.26. The number of nitrogens with zero attached hydrogens (tertiary/aromatic N) is 2. The Hall–Kier alpha value is -2.93. The number of hydrogen-bond acceptors (Lipinski definition) is 5. The lowest BCUT2D eigenvalue weighted by Gasteiger charge is -2.36. The molecule has 1 heterocycles. The molecule has 2 aromatic carbocycles. The monoisotopic (exact) mass is 417 g/mol. The number of nitrogens with one attached hydrogen (secondary N) is 1. The summed E-state index contributed by atoms with van der Waals surface area (Å²) < 4.78 is 10.3. The second kappa shape index (κ2) is 9.52. The lowest BCUT2D eigenvalue weighted by molar-refractivity contribution is -0.130. The summed E-state index contributed by atoms with van der Waals surface area (Å²) in [7, 11) is 3.03. The molecule has 0 bridgehead atoms. The summed E-state index contributed by atoms with van der Waals surface area (Å²) in [6.45, 7) is 2.47. The lowest BCUT2D eigenvalue weighted by atomic mass is 10.2. The molecule has 29 heavy (non-hydrogen) atoms. The second-order valence-electron chi connectivity index (χ2n) is 6.60. The van der Waals surface area contributed by atoms with Crippen LogP contribution in [-0.4, -0.2) is 63.7 Å². The van der Waals surface area contributed by atoms with E-state index in [1.165, 1.54) is 14.2 Å². The number of para-hydroxylation sites is 1. The normalized spacial score (nSPS) is 13.8. The number of ether oxygens (including phenoxy) is 2. The summed E-state index contributed by atoms with van der Waals surface area (Å²) in [6, 6.07) is 12.6. The van der Waals surface area contributed by atoms with Gasteiger partial charge in [-0.25, -0.2) is 0 Å². The largest absolute Gasteiger partial charge is 0.497 e. The smallest absolute Gasteiger partial charge is 0.251 e. The molecule has 1 saturated heterocycles. The van der Waals surface area contributed by atoms with Gasteiger partial charge in [0.2, 0.25) is 5.91 Å². The number of benzene rings is 2. The zero-order chi connectivity index (χ0) is 20.8. The maximum absolute atomic E-state index is 12.5. The molecule has 0 atom stereocenters. The number of methoxy groups -OCH3 is 2. The van der Waals surface area contributed by atoms with E-state index in [0.29, 0.717) is 48.3 Å². The first-order valence-corrected chi connectivity index (χ1v) is 9.68. The molecular weight excluding hydrogens is 394 g/mol. The average Bonchev–Trinajstić information content (AvgIpc) is 2.77. The summed E-state index contributed by atoms with van der Waals surface area (Å²) in [5.74, 6) is 0.547. The highest BCUT2D eigenvalue weighted by molar-refractivity contribution is 6.33. The molecule has 1 N–H and O–H groups in total. The van der Waals surface area contributed by atoms with Crippen LogP contribution in [0.5, 0.6) is 11.5 Å². The number of carbonyl (C=O) groups excluding carboxylic acids is 2. The van der Waals surface area contributed by atoms with Gasteiger partial charge in [0.05, 0.1) is 31.5 Å². The third-order valence-electron chi connectivity index (χ3n) is 4.84. The van der Waals surface area contributed by atoms with E-state index >= 15 is 0 Å². The Labute approximate surface area is 175 Å². The Morgan fingerprint density at radius 3 is 2.21 bits per heavy atom. The minimum absolute atomic E-state index is 0.0650. The number of halogens is 1. The fraction of sp³-hybridized carbons (Fsp3) is 0.333.